The zero-order chi connectivity index (χ0) is 21.9. The van der Waals surface area contributed by atoms with Crippen LogP contribution in [0.4, 0.5) is 0 Å². The maximum Gasteiger partial charge on any atom is 0.252 e. The van der Waals surface area contributed by atoms with E-state index in [4.69, 9.17) is 9.26 Å². The van der Waals surface area contributed by atoms with E-state index in [1.807, 2.05) is 65.8 Å². The highest BCUT2D eigenvalue weighted by atomic mass is 16.5. The Morgan fingerprint density at radius 1 is 1.07 bits per heavy atom. The van der Waals surface area contributed by atoms with Gasteiger partial charge in [0.15, 0.2) is 5.82 Å². The van der Waals surface area contributed by atoms with Crippen LogP contribution in [0.15, 0.2) is 53.1 Å². The summed E-state index contributed by atoms with van der Waals surface area (Å²) in [6, 6.07) is 15.3. The second kappa shape index (κ2) is 8.30. The predicted molar refractivity (Wildman–Crippen MR) is 115 cm³/mol. The molecule has 0 aliphatic carbocycles. The molecule has 0 spiro atoms. The molecule has 0 saturated heterocycles. The zero-order valence-electron chi connectivity index (χ0n) is 18.4. The third-order valence-corrected chi connectivity index (χ3v) is 4.64. The Kier molecular flexibility index (Phi) is 5.97. The van der Waals surface area contributed by atoms with E-state index in [9.17, 15) is 4.79 Å². The number of benzene rings is 2. The van der Waals surface area contributed by atoms with Gasteiger partial charge < -0.3 is 14.6 Å². The Balaban J connectivity index is 1.69. The lowest BCUT2D eigenvalue weighted by Gasteiger charge is -2.22. The van der Waals surface area contributed by atoms with Crippen molar-refractivity contribution < 1.29 is 14.1 Å². The van der Waals surface area contributed by atoms with Gasteiger partial charge in [0.05, 0.1) is 5.54 Å². The molecule has 0 aliphatic rings. The number of amides is 1. The molecule has 3 rings (SSSR count). The van der Waals surface area contributed by atoms with Gasteiger partial charge >= 0.3 is 0 Å². The molecule has 6 nitrogen and oxygen atoms in total. The number of nitrogens with one attached hydrogen (secondary N) is 1. The van der Waals surface area contributed by atoms with Crippen LogP contribution in [0.5, 0.6) is 5.75 Å². The Hall–Kier alpha value is -3.15. The molecular weight excluding hydrogens is 378 g/mol. The van der Waals surface area contributed by atoms with Crippen molar-refractivity contribution in [3.8, 4) is 5.75 Å². The number of hydrogen-bond donors (Lipinski definition) is 1. The van der Waals surface area contributed by atoms with Crippen LogP contribution in [0, 0.1) is 6.92 Å². The highest BCUT2D eigenvalue weighted by Crippen LogP contribution is 2.24. The van der Waals surface area contributed by atoms with E-state index in [1.165, 1.54) is 5.56 Å². The summed E-state index contributed by atoms with van der Waals surface area (Å²) in [6.45, 7) is 12.2. The van der Waals surface area contributed by atoms with Crippen LogP contribution >= 0.6 is 0 Å². The number of carbonyl (C=O) groups is 1. The lowest BCUT2D eigenvalue weighted by molar-refractivity contribution is 0.0907. The van der Waals surface area contributed by atoms with E-state index < -0.39 is 5.54 Å². The second-order valence-electron chi connectivity index (χ2n) is 9.06. The van der Waals surface area contributed by atoms with Gasteiger partial charge in [0, 0.05) is 11.0 Å². The van der Waals surface area contributed by atoms with Gasteiger partial charge in [-0.15, -0.1) is 0 Å². The number of nitrogens with zero attached hydrogens (tertiary/aromatic N) is 2. The number of aryl methyl sites for hydroxylation is 1. The number of carbonyl (C=O) groups excluding carboxylic acids is 1. The summed E-state index contributed by atoms with van der Waals surface area (Å²) in [5, 5.41) is 7.05. The van der Waals surface area contributed by atoms with E-state index in [0.717, 1.165) is 5.56 Å². The van der Waals surface area contributed by atoms with Crippen molar-refractivity contribution in [1.29, 1.82) is 0 Å². The molecule has 30 heavy (non-hydrogen) atoms. The first kappa shape index (κ1) is 21.6. The van der Waals surface area contributed by atoms with Crippen LogP contribution in [0.1, 0.15) is 67.8 Å². The van der Waals surface area contributed by atoms with Gasteiger partial charge in [-0.1, -0.05) is 61.8 Å². The van der Waals surface area contributed by atoms with Gasteiger partial charge in [0.25, 0.3) is 5.91 Å². The summed E-state index contributed by atoms with van der Waals surface area (Å²) in [5.41, 5.74) is 1.72. The van der Waals surface area contributed by atoms with Crippen molar-refractivity contribution in [3.63, 3.8) is 0 Å². The molecule has 6 heteroatoms. The fourth-order valence-corrected chi connectivity index (χ4v) is 2.89. The molecule has 0 atom stereocenters. The van der Waals surface area contributed by atoms with Crippen molar-refractivity contribution in [2.24, 2.45) is 0 Å². The monoisotopic (exact) mass is 407 g/mol. The van der Waals surface area contributed by atoms with Gasteiger partial charge in [-0.2, -0.15) is 4.98 Å². The third kappa shape index (κ3) is 5.26. The summed E-state index contributed by atoms with van der Waals surface area (Å²) >= 11 is 0. The van der Waals surface area contributed by atoms with E-state index in [2.05, 4.69) is 21.5 Å². The van der Waals surface area contributed by atoms with Crippen molar-refractivity contribution in [1.82, 2.24) is 15.5 Å². The molecule has 1 heterocycles. The second-order valence-corrected chi connectivity index (χ2v) is 9.06. The normalized spacial score (nSPS) is 11.9. The Morgan fingerprint density at radius 2 is 1.80 bits per heavy atom. The Bertz CT molecular complexity index is 1030. The predicted octanol–water partition coefficient (Wildman–Crippen LogP) is 4.92. The summed E-state index contributed by atoms with van der Waals surface area (Å²) in [6.07, 6.45) is 0. The van der Waals surface area contributed by atoms with E-state index in [-0.39, 0.29) is 11.3 Å². The minimum Gasteiger partial charge on any atom is -0.489 e. The van der Waals surface area contributed by atoms with Crippen LogP contribution in [0.3, 0.4) is 0 Å². The third-order valence-electron chi connectivity index (χ3n) is 4.64. The minimum atomic E-state index is -0.789. The van der Waals surface area contributed by atoms with Crippen molar-refractivity contribution >= 4 is 5.91 Å². The molecule has 0 radical (unpaired) electrons. The molecule has 1 aromatic heterocycles. The average molecular weight is 408 g/mol. The Morgan fingerprint density at radius 3 is 2.47 bits per heavy atom. The average Bonchev–Trinajstić information content (AvgIpc) is 3.18. The molecule has 2 aromatic carbocycles. The van der Waals surface area contributed by atoms with Crippen LogP contribution in [-0.4, -0.2) is 16.0 Å². The molecule has 3 aromatic rings. The quantitative estimate of drug-likeness (QED) is 0.628. The molecule has 0 aliphatic heterocycles. The number of hydrogen-bond acceptors (Lipinski definition) is 5. The zero-order valence-corrected chi connectivity index (χ0v) is 18.4. The summed E-state index contributed by atoms with van der Waals surface area (Å²) in [7, 11) is 0. The standard InChI is InChI=1S/C24H29N3O3/c1-16-9-7-10-17(13-16)15-29-19-12-8-11-18(14-19)20(28)26-24(5,6)21-25-22(30-27-21)23(2,3)4/h7-14H,15H2,1-6H3,(H,26,28). The van der Waals surface area contributed by atoms with Crippen LogP contribution in [0.2, 0.25) is 0 Å². The first-order valence-electron chi connectivity index (χ1n) is 10.0. The van der Waals surface area contributed by atoms with Gasteiger partial charge in [-0.25, -0.2) is 0 Å². The minimum absolute atomic E-state index is 0.233. The van der Waals surface area contributed by atoms with Crippen LogP contribution in [-0.2, 0) is 17.6 Å². The van der Waals surface area contributed by atoms with E-state index in [1.54, 1.807) is 18.2 Å². The fourth-order valence-electron chi connectivity index (χ4n) is 2.89. The lowest BCUT2D eigenvalue weighted by atomic mass is 9.96. The van der Waals surface area contributed by atoms with Crippen molar-refractivity contribution in [3.05, 3.63) is 76.9 Å². The van der Waals surface area contributed by atoms with Crippen molar-refractivity contribution in [2.45, 2.75) is 59.1 Å². The highest BCUT2D eigenvalue weighted by Gasteiger charge is 2.31. The molecule has 0 bridgehead atoms. The molecule has 158 valence electrons. The molecule has 0 unspecified atom stereocenters. The number of aromatic nitrogens is 2. The largest absolute Gasteiger partial charge is 0.489 e. The van der Waals surface area contributed by atoms with Gasteiger partial charge in [-0.05, 0) is 44.5 Å². The Labute approximate surface area is 177 Å². The molecule has 0 fully saturated rings. The fraction of sp³-hybridized carbons (Fsp3) is 0.375. The van der Waals surface area contributed by atoms with Gasteiger partial charge in [-0.3, -0.25) is 4.79 Å². The first-order chi connectivity index (χ1) is 14.0. The van der Waals surface area contributed by atoms with E-state index in [0.29, 0.717) is 29.6 Å². The van der Waals surface area contributed by atoms with Gasteiger partial charge in [0.1, 0.15) is 12.4 Å². The van der Waals surface area contributed by atoms with E-state index >= 15 is 0 Å². The summed E-state index contributed by atoms with van der Waals surface area (Å²) in [5.74, 6) is 1.37. The lowest BCUT2D eigenvalue weighted by Crippen LogP contribution is -2.42. The topological polar surface area (TPSA) is 77.2 Å². The van der Waals surface area contributed by atoms with Gasteiger partial charge in [0.2, 0.25) is 5.89 Å². The SMILES string of the molecule is Cc1cccc(COc2cccc(C(=O)NC(C)(C)c3noc(C(C)(C)C)n3)c2)c1. The molecule has 1 N–H and O–H groups in total. The number of ether oxygens (including phenoxy) is 1. The molecular formula is C24H29N3O3. The van der Waals surface area contributed by atoms with Crippen molar-refractivity contribution in [2.75, 3.05) is 0 Å². The highest BCUT2D eigenvalue weighted by molar-refractivity contribution is 5.95. The summed E-state index contributed by atoms with van der Waals surface area (Å²) in [4.78, 5) is 17.3. The number of rotatable bonds is 6. The summed E-state index contributed by atoms with van der Waals surface area (Å²) < 4.78 is 11.2. The smallest absolute Gasteiger partial charge is 0.252 e. The molecule has 1 amide bonds. The van der Waals surface area contributed by atoms with Crippen LogP contribution in [0.25, 0.3) is 0 Å². The molecule has 0 saturated carbocycles. The maximum atomic E-state index is 12.9. The maximum absolute atomic E-state index is 12.9. The first-order valence-corrected chi connectivity index (χ1v) is 10.0. The van der Waals surface area contributed by atoms with Crippen LogP contribution < -0.4 is 10.1 Å².